The number of hydrogen-bond donors (Lipinski definition) is 1. The molecule has 2 aliphatic rings. The zero-order valence-electron chi connectivity index (χ0n) is 15.1. The largest absolute Gasteiger partial charge is 0.381 e. The van der Waals surface area contributed by atoms with Crippen LogP contribution in [0.25, 0.3) is 0 Å². The smallest absolute Gasteiger partial charge is 0.230 e. The number of ether oxygens (including phenoxy) is 1. The van der Waals surface area contributed by atoms with Crippen LogP contribution in [0.1, 0.15) is 18.4 Å². The molecule has 1 aromatic rings. The van der Waals surface area contributed by atoms with Gasteiger partial charge in [-0.3, -0.25) is 4.79 Å². The number of carbonyl (C=O) groups is 1. The van der Waals surface area contributed by atoms with Gasteiger partial charge in [-0.05, 0) is 37.5 Å². The van der Waals surface area contributed by atoms with Crippen LogP contribution in [0.5, 0.6) is 0 Å². The van der Waals surface area contributed by atoms with Crippen molar-refractivity contribution in [1.82, 2.24) is 4.90 Å². The van der Waals surface area contributed by atoms with E-state index < -0.39 is 5.41 Å². The summed E-state index contributed by atoms with van der Waals surface area (Å²) in [6.07, 6.45) is 1.46. The van der Waals surface area contributed by atoms with Crippen molar-refractivity contribution in [1.29, 1.82) is 0 Å². The van der Waals surface area contributed by atoms with Gasteiger partial charge in [-0.15, -0.1) is 24.8 Å². The number of piperazine rings is 1. The highest BCUT2D eigenvalue weighted by atomic mass is 35.5. The van der Waals surface area contributed by atoms with Crippen LogP contribution < -0.4 is 10.6 Å². The molecule has 148 valence electrons. The minimum absolute atomic E-state index is 0. The molecule has 2 N–H and O–H groups in total. The van der Waals surface area contributed by atoms with Crippen molar-refractivity contribution in [2.45, 2.75) is 19.8 Å². The lowest BCUT2D eigenvalue weighted by atomic mass is 9.78. The summed E-state index contributed by atoms with van der Waals surface area (Å²) in [6.45, 7) is 6.86. The third kappa shape index (κ3) is 4.76. The summed E-state index contributed by atoms with van der Waals surface area (Å²) in [5.74, 6) is 0.204. The molecule has 0 atom stereocenters. The predicted octanol–water partition coefficient (Wildman–Crippen LogP) is 2.90. The van der Waals surface area contributed by atoms with Crippen molar-refractivity contribution in [3.8, 4) is 0 Å². The van der Waals surface area contributed by atoms with Gasteiger partial charge in [-0.1, -0.05) is 17.7 Å². The average molecular weight is 425 g/mol. The Morgan fingerprint density at radius 3 is 2.38 bits per heavy atom. The van der Waals surface area contributed by atoms with Gasteiger partial charge in [0, 0.05) is 56.6 Å². The Bertz CT molecular complexity index is 601. The van der Waals surface area contributed by atoms with Gasteiger partial charge in [0.1, 0.15) is 0 Å². The molecule has 0 aromatic heterocycles. The summed E-state index contributed by atoms with van der Waals surface area (Å²) in [7, 11) is 0. The highest BCUT2D eigenvalue weighted by Gasteiger charge is 2.42. The Balaban J connectivity index is 0.00000169. The zero-order chi connectivity index (χ0) is 17.2. The molecule has 0 aliphatic carbocycles. The third-order valence-corrected chi connectivity index (χ3v) is 5.61. The van der Waals surface area contributed by atoms with Crippen molar-refractivity contribution in [2.75, 3.05) is 50.8 Å². The standard InChI is InChI=1S/C18H26ClN3O2.2ClH/c1-14-2-3-15(19)12-16(14)21-6-8-22(9-7-21)17(23)18(13-20)4-10-24-11-5-18;;/h2-3,12H,4-11,13,20H2,1H3;2*1H. The van der Waals surface area contributed by atoms with Gasteiger partial charge in [-0.25, -0.2) is 0 Å². The number of benzene rings is 1. The first-order valence-electron chi connectivity index (χ1n) is 8.64. The summed E-state index contributed by atoms with van der Waals surface area (Å²) in [5, 5.41) is 0.749. The van der Waals surface area contributed by atoms with E-state index in [2.05, 4.69) is 11.8 Å². The zero-order valence-corrected chi connectivity index (χ0v) is 17.5. The number of hydrogen-bond acceptors (Lipinski definition) is 4. The van der Waals surface area contributed by atoms with E-state index in [0.29, 0.717) is 19.8 Å². The number of rotatable bonds is 3. The summed E-state index contributed by atoms with van der Waals surface area (Å²) in [5.41, 5.74) is 7.92. The molecule has 0 radical (unpaired) electrons. The molecular formula is C18H28Cl3N3O2. The number of amides is 1. The maximum atomic E-state index is 13.0. The van der Waals surface area contributed by atoms with E-state index in [-0.39, 0.29) is 30.7 Å². The van der Waals surface area contributed by atoms with Crippen LogP contribution in [0.2, 0.25) is 5.02 Å². The second-order valence-corrected chi connectivity index (χ2v) is 7.24. The number of anilines is 1. The number of halogens is 3. The Hall–Kier alpha value is -0.720. The van der Waals surface area contributed by atoms with Crippen molar-refractivity contribution >= 4 is 48.0 Å². The Morgan fingerprint density at radius 2 is 1.81 bits per heavy atom. The van der Waals surface area contributed by atoms with Gasteiger partial charge in [0.25, 0.3) is 0 Å². The SMILES string of the molecule is Cc1ccc(Cl)cc1N1CCN(C(=O)C2(CN)CCOCC2)CC1.Cl.Cl. The minimum Gasteiger partial charge on any atom is -0.381 e. The summed E-state index contributed by atoms with van der Waals surface area (Å²) < 4.78 is 5.42. The van der Waals surface area contributed by atoms with Crippen LogP contribution in [0.15, 0.2) is 18.2 Å². The van der Waals surface area contributed by atoms with Gasteiger partial charge in [0.15, 0.2) is 0 Å². The molecule has 2 saturated heterocycles. The molecule has 3 rings (SSSR count). The fraction of sp³-hybridized carbons (Fsp3) is 0.611. The summed E-state index contributed by atoms with van der Waals surface area (Å²) >= 11 is 6.14. The second-order valence-electron chi connectivity index (χ2n) is 6.81. The molecule has 1 amide bonds. The van der Waals surface area contributed by atoms with Crippen LogP contribution in [0.4, 0.5) is 5.69 Å². The van der Waals surface area contributed by atoms with Crippen LogP contribution in [-0.2, 0) is 9.53 Å². The molecule has 2 aliphatic heterocycles. The van der Waals surface area contributed by atoms with Crippen LogP contribution in [0, 0.1) is 12.3 Å². The molecule has 0 unspecified atom stereocenters. The van der Waals surface area contributed by atoms with Crippen LogP contribution >= 0.6 is 36.4 Å². The van der Waals surface area contributed by atoms with E-state index in [1.54, 1.807) is 0 Å². The number of nitrogens with two attached hydrogens (primary N) is 1. The highest BCUT2D eigenvalue weighted by Crippen LogP contribution is 2.32. The summed E-state index contributed by atoms with van der Waals surface area (Å²) in [6, 6.07) is 5.96. The minimum atomic E-state index is -0.424. The maximum absolute atomic E-state index is 13.0. The van der Waals surface area contributed by atoms with Gasteiger partial charge < -0.3 is 20.3 Å². The molecule has 0 spiro atoms. The molecule has 5 nitrogen and oxygen atoms in total. The molecule has 26 heavy (non-hydrogen) atoms. The number of carbonyl (C=O) groups excluding carboxylic acids is 1. The van der Waals surface area contributed by atoms with Gasteiger partial charge in [0.05, 0.1) is 5.41 Å². The van der Waals surface area contributed by atoms with Crippen molar-refractivity contribution < 1.29 is 9.53 Å². The fourth-order valence-corrected chi connectivity index (χ4v) is 3.84. The summed E-state index contributed by atoms with van der Waals surface area (Å²) in [4.78, 5) is 17.3. The molecule has 0 saturated carbocycles. The Morgan fingerprint density at radius 1 is 1.19 bits per heavy atom. The van der Waals surface area contributed by atoms with Crippen molar-refractivity contribution in [3.05, 3.63) is 28.8 Å². The van der Waals surface area contributed by atoms with Crippen LogP contribution in [-0.4, -0.2) is 56.7 Å². The number of nitrogens with zero attached hydrogens (tertiary/aromatic N) is 2. The van der Waals surface area contributed by atoms with Crippen LogP contribution in [0.3, 0.4) is 0 Å². The lowest BCUT2D eigenvalue weighted by Gasteiger charge is -2.43. The van der Waals surface area contributed by atoms with E-state index >= 15 is 0 Å². The first-order valence-corrected chi connectivity index (χ1v) is 9.02. The normalized spacial score (nSPS) is 19.3. The first-order chi connectivity index (χ1) is 11.6. The molecular weight excluding hydrogens is 397 g/mol. The quantitative estimate of drug-likeness (QED) is 0.810. The third-order valence-electron chi connectivity index (χ3n) is 5.37. The lowest BCUT2D eigenvalue weighted by molar-refractivity contribution is -0.147. The number of aryl methyl sites for hydroxylation is 1. The average Bonchev–Trinajstić information content (AvgIpc) is 2.64. The predicted molar refractivity (Wildman–Crippen MR) is 111 cm³/mol. The van der Waals surface area contributed by atoms with E-state index in [9.17, 15) is 4.79 Å². The molecule has 0 bridgehead atoms. The van der Waals surface area contributed by atoms with E-state index in [4.69, 9.17) is 22.1 Å². The maximum Gasteiger partial charge on any atom is 0.230 e. The monoisotopic (exact) mass is 423 g/mol. The fourth-order valence-electron chi connectivity index (χ4n) is 3.68. The molecule has 1 aromatic carbocycles. The topological polar surface area (TPSA) is 58.8 Å². The molecule has 2 fully saturated rings. The Labute approximate surface area is 173 Å². The second kappa shape index (κ2) is 10.00. The van der Waals surface area contributed by atoms with E-state index in [1.807, 2.05) is 23.1 Å². The molecule has 2 heterocycles. The Kier molecular flexibility index (Phi) is 8.97. The van der Waals surface area contributed by atoms with Gasteiger partial charge >= 0.3 is 0 Å². The van der Waals surface area contributed by atoms with Crippen molar-refractivity contribution in [2.24, 2.45) is 11.1 Å². The van der Waals surface area contributed by atoms with Gasteiger partial charge in [-0.2, -0.15) is 0 Å². The van der Waals surface area contributed by atoms with E-state index in [1.165, 1.54) is 5.56 Å². The first kappa shape index (κ1) is 23.3. The molecule has 8 heteroatoms. The lowest BCUT2D eigenvalue weighted by Crippen LogP contribution is -2.56. The highest BCUT2D eigenvalue weighted by molar-refractivity contribution is 6.30. The van der Waals surface area contributed by atoms with E-state index in [0.717, 1.165) is 49.7 Å². The van der Waals surface area contributed by atoms with Crippen molar-refractivity contribution in [3.63, 3.8) is 0 Å². The van der Waals surface area contributed by atoms with Gasteiger partial charge in [0.2, 0.25) is 5.91 Å².